The maximum Gasteiger partial charge on any atom is 0.192 e. The number of rotatable bonds is 3. The van der Waals surface area contributed by atoms with Gasteiger partial charge in [-0.3, -0.25) is 4.79 Å². The smallest absolute Gasteiger partial charge is 0.192 e. The van der Waals surface area contributed by atoms with E-state index in [4.69, 9.17) is 4.43 Å². The largest absolute Gasteiger partial charge is 0.413 e. The lowest BCUT2D eigenvalue weighted by molar-refractivity contribution is -0.117. The van der Waals surface area contributed by atoms with Crippen molar-refractivity contribution < 1.29 is 9.22 Å². The molecule has 2 nitrogen and oxygen atoms in total. The summed E-state index contributed by atoms with van der Waals surface area (Å²) in [5.41, 5.74) is 0. The van der Waals surface area contributed by atoms with Crippen molar-refractivity contribution >= 4 is 14.1 Å². The third-order valence-corrected chi connectivity index (χ3v) is 8.43. The Morgan fingerprint density at radius 2 is 1.94 bits per heavy atom. The quantitative estimate of drug-likeness (QED) is 0.557. The van der Waals surface area contributed by atoms with Crippen LogP contribution in [0.4, 0.5) is 0 Å². The molecule has 0 aromatic carbocycles. The summed E-state index contributed by atoms with van der Waals surface area (Å²) in [4.78, 5) is 11.4. The van der Waals surface area contributed by atoms with Crippen LogP contribution in [0.1, 0.15) is 33.6 Å². The van der Waals surface area contributed by atoms with Crippen molar-refractivity contribution in [1.29, 1.82) is 0 Å². The van der Waals surface area contributed by atoms with Crippen LogP contribution >= 0.6 is 0 Å². The van der Waals surface area contributed by atoms with Crippen molar-refractivity contribution in [3.8, 4) is 0 Å². The fraction of sp³-hybridized carbons (Fsp3) is 0.769. The average Bonchev–Trinajstić information content (AvgIpc) is 2.43. The van der Waals surface area contributed by atoms with Crippen LogP contribution < -0.4 is 0 Å². The molecule has 0 spiro atoms. The van der Waals surface area contributed by atoms with Gasteiger partial charge in [0.1, 0.15) is 5.78 Å². The minimum absolute atomic E-state index is 0.0749. The Morgan fingerprint density at radius 3 is 2.38 bits per heavy atom. The Kier molecular flexibility index (Phi) is 3.80. The Balaban J connectivity index is 2.74. The molecule has 0 bridgehead atoms. The average molecular weight is 240 g/mol. The number of ketones is 1. The molecule has 1 fully saturated rings. The number of carbonyl (C=O) groups excluding carboxylic acids is 1. The summed E-state index contributed by atoms with van der Waals surface area (Å²) >= 11 is 0. The van der Waals surface area contributed by atoms with Gasteiger partial charge in [0.15, 0.2) is 8.32 Å². The van der Waals surface area contributed by atoms with Crippen molar-refractivity contribution in [2.24, 2.45) is 5.92 Å². The minimum Gasteiger partial charge on any atom is -0.413 e. The first-order valence-electron chi connectivity index (χ1n) is 5.99. The molecule has 1 saturated carbocycles. The molecule has 1 aliphatic rings. The van der Waals surface area contributed by atoms with Crippen LogP contribution in [0.3, 0.4) is 0 Å². The summed E-state index contributed by atoms with van der Waals surface area (Å²) in [6, 6.07) is 0. The molecule has 0 heterocycles. The zero-order chi connectivity index (χ0) is 12.6. The molecule has 0 N–H and O–H groups in total. The van der Waals surface area contributed by atoms with E-state index in [9.17, 15) is 4.79 Å². The van der Waals surface area contributed by atoms with E-state index in [-0.39, 0.29) is 17.1 Å². The van der Waals surface area contributed by atoms with E-state index in [0.717, 1.165) is 0 Å². The van der Waals surface area contributed by atoms with Crippen LogP contribution in [0, 0.1) is 5.92 Å². The Bertz CT molecular complexity index is 289. The van der Waals surface area contributed by atoms with Gasteiger partial charge >= 0.3 is 0 Å². The van der Waals surface area contributed by atoms with Crippen molar-refractivity contribution in [1.82, 2.24) is 0 Å². The fourth-order valence-corrected chi connectivity index (χ4v) is 3.14. The van der Waals surface area contributed by atoms with Gasteiger partial charge in [0.05, 0.1) is 6.10 Å². The van der Waals surface area contributed by atoms with Gasteiger partial charge in [0.2, 0.25) is 0 Å². The highest BCUT2D eigenvalue weighted by atomic mass is 28.4. The van der Waals surface area contributed by atoms with Crippen LogP contribution in [0.15, 0.2) is 12.7 Å². The van der Waals surface area contributed by atoms with E-state index >= 15 is 0 Å². The molecule has 0 aromatic rings. The molecule has 16 heavy (non-hydrogen) atoms. The molecule has 2 unspecified atom stereocenters. The van der Waals surface area contributed by atoms with Gasteiger partial charge < -0.3 is 4.43 Å². The molecular formula is C13H24O2Si. The minimum atomic E-state index is -1.76. The predicted octanol–water partition coefficient (Wildman–Crippen LogP) is 3.54. The predicted molar refractivity (Wildman–Crippen MR) is 70.0 cm³/mol. The standard InChI is InChI=1S/C13H24O2Si/c1-7-10-8-11(14)9-12(10)15-16(5,6)13(2,3)4/h7,10,12H,1,8-9H2,2-6H3. The van der Waals surface area contributed by atoms with Gasteiger partial charge in [-0.2, -0.15) is 0 Å². The van der Waals surface area contributed by atoms with Gasteiger partial charge in [0.25, 0.3) is 0 Å². The highest BCUT2D eigenvalue weighted by Crippen LogP contribution is 2.40. The van der Waals surface area contributed by atoms with Crippen molar-refractivity contribution in [3.05, 3.63) is 12.7 Å². The maximum absolute atomic E-state index is 11.4. The SMILES string of the molecule is C=CC1CC(=O)CC1O[Si](C)(C)C(C)(C)C. The van der Waals surface area contributed by atoms with Crippen LogP contribution in [0.5, 0.6) is 0 Å². The first kappa shape index (κ1) is 13.7. The fourth-order valence-electron chi connectivity index (χ4n) is 1.77. The number of carbonyl (C=O) groups is 1. The van der Waals surface area contributed by atoms with Gasteiger partial charge in [-0.25, -0.2) is 0 Å². The second-order valence-electron chi connectivity index (χ2n) is 6.26. The summed E-state index contributed by atoms with van der Waals surface area (Å²) in [6.07, 6.45) is 3.14. The molecule has 0 radical (unpaired) electrons. The monoisotopic (exact) mass is 240 g/mol. The summed E-state index contributed by atoms with van der Waals surface area (Å²) < 4.78 is 6.28. The number of hydrogen-bond acceptors (Lipinski definition) is 2. The molecule has 0 aliphatic heterocycles. The molecule has 1 aliphatic carbocycles. The van der Waals surface area contributed by atoms with Crippen molar-refractivity contribution in [2.75, 3.05) is 0 Å². The second-order valence-corrected chi connectivity index (χ2v) is 11.0. The van der Waals surface area contributed by atoms with E-state index in [2.05, 4.69) is 40.4 Å². The molecule has 0 amide bonds. The summed E-state index contributed by atoms with van der Waals surface area (Å²) in [5, 5.41) is 0.199. The first-order valence-corrected chi connectivity index (χ1v) is 8.90. The third kappa shape index (κ3) is 2.83. The van der Waals surface area contributed by atoms with Crippen LogP contribution in [-0.2, 0) is 9.22 Å². The molecule has 3 heteroatoms. The van der Waals surface area contributed by atoms with E-state index < -0.39 is 8.32 Å². The zero-order valence-electron chi connectivity index (χ0n) is 11.2. The summed E-state index contributed by atoms with van der Waals surface area (Å²) in [7, 11) is -1.76. The lowest BCUT2D eigenvalue weighted by atomic mass is 10.1. The lowest BCUT2D eigenvalue weighted by Crippen LogP contribution is -2.44. The third-order valence-electron chi connectivity index (χ3n) is 3.92. The molecule has 92 valence electrons. The van der Waals surface area contributed by atoms with E-state index in [1.165, 1.54) is 0 Å². The topological polar surface area (TPSA) is 26.3 Å². The van der Waals surface area contributed by atoms with Crippen LogP contribution in [-0.4, -0.2) is 20.2 Å². The van der Waals surface area contributed by atoms with Gasteiger partial charge in [-0.15, -0.1) is 6.58 Å². The number of Topliss-reactive ketones (excluding diaryl/α,β-unsaturated/α-hetero) is 1. The van der Waals surface area contributed by atoms with E-state index in [1.54, 1.807) is 0 Å². The molecule has 0 saturated heterocycles. The maximum atomic E-state index is 11.4. The Morgan fingerprint density at radius 1 is 1.38 bits per heavy atom. The molecule has 1 rings (SSSR count). The van der Waals surface area contributed by atoms with Crippen molar-refractivity contribution in [3.63, 3.8) is 0 Å². The highest BCUT2D eigenvalue weighted by Gasteiger charge is 2.42. The van der Waals surface area contributed by atoms with E-state index in [1.807, 2.05) is 6.08 Å². The van der Waals surface area contributed by atoms with Gasteiger partial charge in [-0.1, -0.05) is 26.8 Å². The van der Waals surface area contributed by atoms with Gasteiger partial charge in [0, 0.05) is 18.8 Å². The van der Waals surface area contributed by atoms with E-state index in [0.29, 0.717) is 18.6 Å². The normalized spacial score (nSPS) is 27.2. The summed E-state index contributed by atoms with van der Waals surface area (Å²) in [6.45, 7) is 14.9. The summed E-state index contributed by atoms with van der Waals surface area (Å²) in [5.74, 6) is 0.537. The second kappa shape index (κ2) is 4.45. The van der Waals surface area contributed by atoms with Crippen LogP contribution in [0.25, 0.3) is 0 Å². The first-order chi connectivity index (χ1) is 7.17. The molecular weight excluding hydrogens is 216 g/mol. The Hall–Kier alpha value is -0.413. The van der Waals surface area contributed by atoms with Crippen molar-refractivity contribution in [2.45, 2.75) is 57.8 Å². The number of hydrogen-bond donors (Lipinski definition) is 0. The van der Waals surface area contributed by atoms with Gasteiger partial charge in [-0.05, 0) is 18.1 Å². The lowest BCUT2D eigenvalue weighted by Gasteiger charge is -2.39. The zero-order valence-corrected chi connectivity index (χ0v) is 12.2. The molecule has 0 aromatic heterocycles. The molecule has 2 atom stereocenters. The Labute approximate surface area is 100 Å². The van der Waals surface area contributed by atoms with Crippen LogP contribution in [0.2, 0.25) is 18.1 Å². The highest BCUT2D eigenvalue weighted by molar-refractivity contribution is 6.74.